The van der Waals surface area contributed by atoms with Gasteiger partial charge in [0, 0.05) is 37.6 Å². The highest BCUT2D eigenvalue weighted by Crippen LogP contribution is 2.39. The molecule has 0 spiro atoms. The van der Waals surface area contributed by atoms with E-state index in [0.29, 0.717) is 18.0 Å². The van der Waals surface area contributed by atoms with Crippen LogP contribution in [-0.2, 0) is 12.8 Å². The maximum absolute atomic E-state index is 13.7. The molecule has 0 bridgehead atoms. The van der Waals surface area contributed by atoms with Crippen LogP contribution >= 0.6 is 0 Å². The standard InChI is InChI=1S/C33H38FN5O3/c1-22-6-4-5-7-27(22)36-29-21-38(14-13-28(29)37-33(35)40)16-17-39-15-12-24-19-31(41-2)32(42-3)20-26(24)30(39)18-23-8-10-25(34)11-9-23/h4-11,13-14,19-20,30,36H,12,15-18,21H2,1-3H3,(H3,35,37,40). The lowest BCUT2D eigenvalue weighted by Crippen LogP contribution is -2.42. The topological polar surface area (TPSA) is 92.1 Å². The van der Waals surface area contributed by atoms with Crippen LogP contribution in [0.1, 0.15) is 28.3 Å². The van der Waals surface area contributed by atoms with Crippen molar-refractivity contribution in [2.45, 2.75) is 25.8 Å². The summed E-state index contributed by atoms with van der Waals surface area (Å²) in [6, 6.07) is 18.4. The normalized spacial score (nSPS) is 16.7. The third-order valence-electron chi connectivity index (χ3n) is 7.96. The van der Waals surface area contributed by atoms with Gasteiger partial charge in [-0.25, -0.2) is 9.18 Å². The number of hydrogen-bond acceptors (Lipinski definition) is 6. The molecule has 3 aromatic carbocycles. The second-order valence-corrected chi connectivity index (χ2v) is 10.6. The molecule has 1 unspecified atom stereocenters. The van der Waals surface area contributed by atoms with Crippen molar-refractivity contribution in [3.63, 3.8) is 0 Å². The SMILES string of the molecule is COc1cc2c(cc1OC)C(Cc1ccc(F)cc1)N(CCN1C=CC(NC(N)=O)=C(Nc3ccccc3C)C1)CC2. The number of methoxy groups -OCH3 is 2. The number of halogens is 1. The molecule has 2 heterocycles. The van der Waals surface area contributed by atoms with Crippen LogP contribution in [0.4, 0.5) is 14.9 Å². The highest BCUT2D eigenvalue weighted by molar-refractivity contribution is 5.75. The van der Waals surface area contributed by atoms with Gasteiger partial charge in [0.05, 0.1) is 32.2 Å². The number of rotatable bonds is 10. The molecule has 0 aliphatic carbocycles. The van der Waals surface area contributed by atoms with Crippen LogP contribution in [-0.4, -0.2) is 56.2 Å². The van der Waals surface area contributed by atoms with Crippen molar-refractivity contribution >= 4 is 11.7 Å². The summed E-state index contributed by atoms with van der Waals surface area (Å²) in [4.78, 5) is 16.4. The van der Waals surface area contributed by atoms with Gasteiger partial charge in [-0.3, -0.25) is 4.90 Å². The molecular weight excluding hydrogens is 533 g/mol. The number of nitrogens with one attached hydrogen (secondary N) is 2. The van der Waals surface area contributed by atoms with Crippen molar-refractivity contribution in [3.8, 4) is 11.5 Å². The predicted molar refractivity (Wildman–Crippen MR) is 163 cm³/mol. The van der Waals surface area contributed by atoms with Crippen LogP contribution < -0.4 is 25.8 Å². The first-order chi connectivity index (χ1) is 20.3. The number of ether oxygens (including phenoxy) is 2. The predicted octanol–water partition coefficient (Wildman–Crippen LogP) is 5.11. The first-order valence-electron chi connectivity index (χ1n) is 14.1. The quantitative estimate of drug-likeness (QED) is 0.313. The molecule has 0 saturated carbocycles. The van der Waals surface area contributed by atoms with Crippen molar-refractivity contribution in [1.82, 2.24) is 15.1 Å². The Morgan fingerprint density at radius 1 is 1.05 bits per heavy atom. The van der Waals surface area contributed by atoms with Gasteiger partial charge in [-0.15, -0.1) is 0 Å². The number of nitrogens with two attached hydrogens (primary N) is 1. The van der Waals surface area contributed by atoms with E-state index in [1.165, 1.54) is 23.3 Å². The van der Waals surface area contributed by atoms with Crippen LogP contribution in [0.15, 0.2) is 84.3 Å². The fourth-order valence-corrected chi connectivity index (χ4v) is 5.69. The number of urea groups is 1. The van der Waals surface area contributed by atoms with Crippen LogP contribution in [0.25, 0.3) is 0 Å². The molecule has 0 saturated heterocycles. The number of aryl methyl sites for hydroxylation is 1. The Labute approximate surface area is 246 Å². The van der Waals surface area contributed by atoms with E-state index in [1.807, 2.05) is 55.6 Å². The molecule has 0 aromatic heterocycles. The van der Waals surface area contributed by atoms with Crippen molar-refractivity contribution < 1.29 is 18.7 Å². The lowest BCUT2D eigenvalue weighted by Gasteiger charge is -2.39. The number of amides is 2. The summed E-state index contributed by atoms with van der Waals surface area (Å²) in [6.07, 6.45) is 5.51. The summed E-state index contributed by atoms with van der Waals surface area (Å²) in [5.74, 6) is 1.19. The molecule has 5 rings (SSSR count). The van der Waals surface area contributed by atoms with Gasteiger partial charge < -0.3 is 30.7 Å². The van der Waals surface area contributed by atoms with Gasteiger partial charge in [-0.2, -0.15) is 0 Å². The Morgan fingerprint density at radius 2 is 1.79 bits per heavy atom. The van der Waals surface area contributed by atoms with E-state index in [-0.39, 0.29) is 11.9 Å². The number of nitrogens with zero attached hydrogens (tertiary/aromatic N) is 2. The highest BCUT2D eigenvalue weighted by Gasteiger charge is 2.30. The highest BCUT2D eigenvalue weighted by atomic mass is 19.1. The fourth-order valence-electron chi connectivity index (χ4n) is 5.69. The summed E-state index contributed by atoms with van der Waals surface area (Å²) in [5.41, 5.74) is 12.6. The average Bonchev–Trinajstić information content (AvgIpc) is 2.99. The number of fused-ring (bicyclic) bond motifs is 1. The van der Waals surface area contributed by atoms with Crippen LogP contribution in [0.3, 0.4) is 0 Å². The van der Waals surface area contributed by atoms with E-state index in [1.54, 1.807) is 14.2 Å². The molecular formula is C33H38FN5O3. The summed E-state index contributed by atoms with van der Waals surface area (Å²) in [6.45, 7) is 5.08. The third kappa shape index (κ3) is 6.69. The molecule has 0 radical (unpaired) electrons. The summed E-state index contributed by atoms with van der Waals surface area (Å²) < 4.78 is 24.9. The molecule has 4 N–H and O–H groups in total. The van der Waals surface area contributed by atoms with Crippen molar-refractivity contribution in [2.75, 3.05) is 45.7 Å². The third-order valence-corrected chi connectivity index (χ3v) is 7.96. The number of benzene rings is 3. The number of allylic oxidation sites excluding steroid dienone is 1. The monoisotopic (exact) mass is 571 g/mol. The van der Waals surface area contributed by atoms with E-state index in [4.69, 9.17) is 15.2 Å². The Morgan fingerprint density at radius 3 is 2.50 bits per heavy atom. The van der Waals surface area contributed by atoms with Gasteiger partial charge in [0.2, 0.25) is 0 Å². The second-order valence-electron chi connectivity index (χ2n) is 10.6. The average molecular weight is 572 g/mol. The Bertz CT molecular complexity index is 1490. The number of para-hydroxylation sites is 1. The lowest BCUT2D eigenvalue weighted by molar-refractivity contribution is 0.166. The zero-order valence-electron chi connectivity index (χ0n) is 24.3. The summed E-state index contributed by atoms with van der Waals surface area (Å²) >= 11 is 0. The Kier molecular flexibility index (Phi) is 8.97. The first kappa shape index (κ1) is 29.0. The molecule has 42 heavy (non-hydrogen) atoms. The Balaban J connectivity index is 1.36. The zero-order chi connectivity index (χ0) is 29.6. The minimum absolute atomic E-state index is 0.0833. The van der Waals surface area contributed by atoms with Crippen molar-refractivity contribution in [1.29, 1.82) is 0 Å². The van der Waals surface area contributed by atoms with Gasteiger partial charge in [0.15, 0.2) is 11.5 Å². The van der Waals surface area contributed by atoms with Gasteiger partial charge in [-0.1, -0.05) is 30.3 Å². The Hall–Kier alpha value is -4.50. The van der Waals surface area contributed by atoms with E-state index in [9.17, 15) is 9.18 Å². The molecule has 2 aliphatic rings. The molecule has 1 atom stereocenters. The molecule has 3 aromatic rings. The van der Waals surface area contributed by atoms with Crippen LogP contribution in [0.2, 0.25) is 0 Å². The maximum Gasteiger partial charge on any atom is 0.316 e. The molecule has 8 nitrogen and oxygen atoms in total. The van der Waals surface area contributed by atoms with E-state index in [0.717, 1.165) is 60.7 Å². The van der Waals surface area contributed by atoms with Crippen LogP contribution in [0.5, 0.6) is 11.5 Å². The minimum atomic E-state index is -0.602. The minimum Gasteiger partial charge on any atom is -0.493 e. The van der Waals surface area contributed by atoms with Crippen LogP contribution in [0, 0.1) is 12.7 Å². The van der Waals surface area contributed by atoms with E-state index >= 15 is 0 Å². The van der Waals surface area contributed by atoms with E-state index < -0.39 is 6.03 Å². The largest absolute Gasteiger partial charge is 0.493 e. The molecule has 9 heteroatoms. The lowest BCUT2D eigenvalue weighted by atomic mass is 9.88. The maximum atomic E-state index is 13.7. The van der Waals surface area contributed by atoms with E-state index in [2.05, 4.69) is 32.6 Å². The molecule has 2 amide bonds. The van der Waals surface area contributed by atoms with Gasteiger partial charge in [0.25, 0.3) is 0 Å². The first-order valence-corrected chi connectivity index (χ1v) is 14.1. The van der Waals surface area contributed by atoms with Gasteiger partial charge in [0.1, 0.15) is 5.82 Å². The molecule has 220 valence electrons. The van der Waals surface area contributed by atoms with Crippen molar-refractivity contribution in [3.05, 3.63) is 112 Å². The number of carbonyl (C=O) groups excluding carboxylic acids is 1. The number of hydrogen-bond donors (Lipinski definition) is 3. The molecule has 0 fully saturated rings. The van der Waals surface area contributed by atoms with Gasteiger partial charge in [-0.05, 0) is 78.4 Å². The summed E-state index contributed by atoms with van der Waals surface area (Å²) in [5, 5.41) is 6.25. The van der Waals surface area contributed by atoms with Gasteiger partial charge >= 0.3 is 6.03 Å². The zero-order valence-corrected chi connectivity index (χ0v) is 24.3. The number of primary amides is 1. The second kappa shape index (κ2) is 13.0. The number of anilines is 1. The summed E-state index contributed by atoms with van der Waals surface area (Å²) in [7, 11) is 3.31. The number of carbonyl (C=O) groups is 1. The fraction of sp³-hybridized carbons (Fsp3) is 0.303. The smallest absolute Gasteiger partial charge is 0.316 e. The van der Waals surface area contributed by atoms with Crippen molar-refractivity contribution in [2.24, 2.45) is 5.73 Å². The molecule has 2 aliphatic heterocycles.